The zero-order chi connectivity index (χ0) is 15.1. The maximum absolute atomic E-state index is 12.1. The fraction of sp³-hybridized carbons (Fsp3) is 0.600. The van der Waals surface area contributed by atoms with Crippen molar-refractivity contribution < 1.29 is 13.2 Å². The van der Waals surface area contributed by atoms with E-state index in [4.69, 9.17) is 4.74 Å². The lowest BCUT2D eigenvalue weighted by molar-refractivity contribution is 0.192. The molecule has 21 heavy (non-hydrogen) atoms. The van der Waals surface area contributed by atoms with Crippen LogP contribution in [0.15, 0.2) is 24.3 Å². The number of sulfonamides is 1. The molecule has 0 radical (unpaired) electrons. The molecule has 0 spiro atoms. The van der Waals surface area contributed by atoms with Crippen molar-refractivity contribution in [1.82, 2.24) is 10.0 Å². The van der Waals surface area contributed by atoms with Crippen LogP contribution in [0.5, 0.6) is 0 Å². The van der Waals surface area contributed by atoms with Gasteiger partial charge >= 0.3 is 0 Å². The Balaban J connectivity index is 1.93. The Morgan fingerprint density at radius 2 is 2.14 bits per heavy atom. The summed E-state index contributed by atoms with van der Waals surface area (Å²) in [6.07, 6.45) is 1.83. The highest BCUT2D eigenvalue weighted by Gasteiger charge is 2.22. The van der Waals surface area contributed by atoms with E-state index in [0.29, 0.717) is 13.2 Å². The van der Waals surface area contributed by atoms with E-state index in [0.717, 1.165) is 37.1 Å². The number of hydrogen-bond acceptors (Lipinski definition) is 4. The monoisotopic (exact) mass is 312 g/mol. The summed E-state index contributed by atoms with van der Waals surface area (Å²) in [7, 11) is -3.31. The Hall–Kier alpha value is -0.950. The van der Waals surface area contributed by atoms with Crippen molar-refractivity contribution in [3.63, 3.8) is 0 Å². The number of rotatable bonds is 8. The van der Waals surface area contributed by atoms with Crippen LogP contribution in [0.25, 0.3) is 0 Å². The van der Waals surface area contributed by atoms with Crippen LogP contribution < -0.4 is 10.0 Å². The van der Waals surface area contributed by atoms with Crippen molar-refractivity contribution in [2.24, 2.45) is 0 Å². The van der Waals surface area contributed by atoms with Gasteiger partial charge in [0.25, 0.3) is 0 Å². The molecule has 6 heteroatoms. The van der Waals surface area contributed by atoms with Gasteiger partial charge in [-0.2, -0.15) is 0 Å². The van der Waals surface area contributed by atoms with Gasteiger partial charge in [-0.15, -0.1) is 0 Å². The van der Waals surface area contributed by atoms with Crippen LogP contribution in [-0.4, -0.2) is 34.2 Å². The van der Waals surface area contributed by atoms with Crippen molar-refractivity contribution in [2.45, 2.75) is 38.1 Å². The highest BCUT2D eigenvalue weighted by molar-refractivity contribution is 7.88. The number of hydrogen-bond donors (Lipinski definition) is 2. The molecule has 0 saturated carbocycles. The first-order valence-corrected chi connectivity index (χ1v) is 9.10. The summed E-state index contributed by atoms with van der Waals surface area (Å²) in [5.74, 6) is 0.0190. The Labute approximate surface area is 127 Å². The Bertz CT molecular complexity index is 540. The average molecular weight is 312 g/mol. The van der Waals surface area contributed by atoms with Crippen LogP contribution in [0.4, 0.5) is 0 Å². The number of nitrogens with one attached hydrogen (secondary N) is 2. The molecule has 1 aromatic carbocycles. The molecule has 2 rings (SSSR count). The fourth-order valence-corrected chi connectivity index (χ4v) is 3.78. The summed E-state index contributed by atoms with van der Waals surface area (Å²) in [5, 5.41) is 3.32. The van der Waals surface area contributed by atoms with Gasteiger partial charge in [0, 0.05) is 19.2 Å². The predicted molar refractivity (Wildman–Crippen MR) is 83.4 cm³/mol. The second-order valence-corrected chi connectivity index (χ2v) is 7.19. The Morgan fingerprint density at radius 3 is 2.86 bits per heavy atom. The molecule has 1 aromatic rings. The standard InChI is InChI=1S/C15H24N2O3S/c1-2-7-16-10-13-4-3-5-14(9-13)12-21(18,19)17-15-6-8-20-11-15/h3-5,9,15-17H,2,6-8,10-12H2,1H3. The van der Waals surface area contributed by atoms with Crippen LogP contribution in [-0.2, 0) is 27.1 Å². The van der Waals surface area contributed by atoms with E-state index in [9.17, 15) is 8.42 Å². The van der Waals surface area contributed by atoms with Crippen molar-refractivity contribution >= 4 is 10.0 Å². The lowest BCUT2D eigenvalue weighted by atomic mass is 10.1. The van der Waals surface area contributed by atoms with E-state index in [1.54, 1.807) is 0 Å². The van der Waals surface area contributed by atoms with E-state index in [1.807, 2.05) is 24.3 Å². The molecule has 1 aliphatic rings. The molecule has 2 N–H and O–H groups in total. The van der Waals surface area contributed by atoms with E-state index in [1.165, 1.54) is 0 Å². The molecule has 1 fully saturated rings. The van der Waals surface area contributed by atoms with E-state index in [-0.39, 0.29) is 11.8 Å². The first-order valence-electron chi connectivity index (χ1n) is 7.45. The van der Waals surface area contributed by atoms with Gasteiger partial charge in [0.1, 0.15) is 0 Å². The van der Waals surface area contributed by atoms with Crippen LogP contribution in [0.2, 0.25) is 0 Å². The molecule has 0 aromatic heterocycles. The topological polar surface area (TPSA) is 67.4 Å². The lowest BCUT2D eigenvalue weighted by Gasteiger charge is -2.12. The molecule has 1 atom stereocenters. The maximum atomic E-state index is 12.1. The summed E-state index contributed by atoms with van der Waals surface area (Å²) in [6.45, 7) is 4.96. The van der Waals surface area contributed by atoms with Gasteiger partial charge in [-0.1, -0.05) is 31.2 Å². The van der Waals surface area contributed by atoms with Gasteiger partial charge in [-0.3, -0.25) is 0 Å². The minimum Gasteiger partial charge on any atom is -0.380 e. The first kappa shape index (κ1) is 16.4. The summed E-state index contributed by atoms with van der Waals surface area (Å²) in [6, 6.07) is 7.65. The van der Waals surface area contributed by atoms with Crippen molar-refractivity contribution in [1.29, 1.82) is 0 Å². The predicted octanol–water partition coefficient (Wildman–Crippen LogP) is 1.39. The first-order chi connectivity index (χ1) is 10.1. The van der Waals surface area contributed by atoms with Gasteiger partial charge in [0.05, 0.1) is 12.4 Å². The van der Waals surface area contributed by atoms with Gasteiger partial charge in [0.2, 0.25) is 10.0 Å². The number of benzene rings is 1. The fourth-order valence-electron chi connectivity index (χ4n) is 2.38. The Morgan fingerprint density at radius 1 is 1.33 bits per heavy atom. The van der Waals surface area contributed by atoms with Gasteiger partial charge in [-0.25, -0.2) is 13.1 Å². The lowest BCUT2D eigenvalue weighted by Crippen LogP contribution is -2.35. The molecule has 0 bridgehead atoms. The summed E-state index contributed by atoms with van der Waals surface area (Å²) in [5.41, 5.74) is 1.93. The molecule has 5 nitrogen and oxygen atoms in total. The van der Waals surface area contributed by atoms with Gasteiger partial charge in [0.15, 0.2) is 0 Å². The molecule has 1 unspecified atom stereocenters. The summed E-state index contributed by atoms with van der Waals surface area (Å²) >= 11 is 0. The third-order valence-electron chi connectivity index (χ3n) is 3.38. The van der Waals surface area contributed by atoms with Crippen molar-refractivity contribution in [3.8, 4) is 0 Å². The summed E-state index contributed by atoms with van der Waals surface area (Å²) < 4.78 is 32.2. The van der Waals surface area contributed by atoms with Crippen LogP contribution in [0, 0.1) is 0 Å². The Kier molecular flexibility index (Phi) is 6.17. The zero-order valence-corrected chi connectivity index (χ0v) is 13.3. The van der Waals surface area contributed by atoms with Gasteiger partial charge < -0.3 is 10.1 Å². The van der Waals surface area contributed by atoms with E-state index in [2.05, 4.69) is 17.0 Å². The van der Waals surface area contributed by atoms with Crippen LogP contribution >= 0.6 is 0 Å². The second kappa shape index (κ2) is 7.89. The third-order valence-corrected chi connectivity index (χ3v) is 4.79. The van der Waals surface area contributed by atoms with Crippen molar-refractivity contribution in [3.05, 3.63) is 35.4 Å². The highest BCUT2D eigenvalue weighted by Crippen LogP contribution is 2.11. The normalized spacial score (nSPS) is 19.0. The largest absolute Gasteiger partial charge is 0.380 e. The maximum Gasteiger partial charge on any atom is 0.216 e. The number of ether oxygens (including phenoxy) is 1. The average Bonchev–Trinajstić information content (AvgIpc) is 2.91. The van der Waals surface area contributed by atoms with E-state index < -0.39 is 10.0 Å². The molecule has 1 saturated heterocycles. The molecular formula is C15H24N2O3S. The minimum absolute atomic E-state index is 0.0190. The third kappa shape index (κ3) is 5.74. The molecular weight excluding hydrogens is 288 g/mol. The van der Waals surface area contributed by atoms with Crippen molar-refractivity contribution in [2.75, 3.05) is 19.8 Å². The molecule has 0 aliphatic carbocycles. The van der Waals surface area contributed by atoms with Crippen LogP contribution in [0.3, 0.4) is 0 Å². The van der Waals surface area contributed by atoms with E-state index >= 15 is 0 Å². The minimum atomic E-state index is -3.31. The molecule has 0 amide bonds. The molecule has 1 aliphatic heterocycles. The molecule has 118 valence electrons. The SMILES string of the molecule is CCCNCc1cccc(CS(=O)(=O)NC2CCOC2)c1. The summed E-state index contributed by atoms with van der Waals surface area (Å²) in [4.78, 5) is 0. The molecule has 1 heterocycles. The van der Waals surface area contributed by atoms with Gasteiger partial charge in [-0.05, 0) is 30.5 Å². The second-order valence-electron chi connectivity index (χ2n) is 5.43. The highest BCUT2D eigenvalue weighted by atomic mass is 32.2. The zero-order valence-electron chi connectivity index (χ0n) is 12.5. The quantitative estimate of drug-likeness (QED) is 0.712. The smallest absolute Gasteiger partial charge is 0.216 e. The van der Waals surface area contributed by atoms with Crippen LogP contribution in [0.1, 0.15) is 30.9 Å².